The number of para-hydroxylation sites is 1. The van der Waals surface area contributed by atoms with Gasteiger partial charge in [0, 0.05) is 17.9 Å². The van der Waals surface area contributed by atoms with Crippen molar-refractivity contribution in [3.05, 3.63) is 74.7 Å². The van der Waals surface area contributed by atoms with Gasteiger partial charge in [0.1, 0.15) is 5.65 Å². The van der Waals surface area contributed by atoms with E-state index in [1.165, 1.54) is 10.6 Å². The van der Waals surface area contributed by atoms with Crippen LogP contribution in [0.15, 0.2) is 53.5 Å². The lowest BCUT2D eigenvalue weighted by molar-refractivity contribution is -0.385. The Balaban J connectivity index is 2.05. The predicted molar refractivity (Wildman–Crippen MR) is 89.9 cm³/mol. The van der Waals surface area contributed by atoms with Gasteiger partial charge in [-0.05, 0) is 37.1 Å². The second-order valence-electron chi connectivity index (χ2n) is 5.83. The Morgan fingerprint density at radius 1 is 1.21 bits per heavy atom. The van der Waals surface area contributed by atoms with E-state index < -0.39 is 16.2 Å². The maximum atomic E-state index is 12.6. The van der Waals surface area contributed by atoms with Crippen LogP contribution in [0.5, 0.6) is 0 Å². The summed E-state index contributed by atoms with van der Waals surface area (Å²) in [5.74, 6) is 0.105. The largest absolute Gasteiger partial charge is 0.376 e. The Labute approximate surface area is 137 Å². The van der Waals surface area contributed by atoms with Gasteiger partial charge in [0.2, 0.25) is 5.82 Å². The number of hydrogen-bond acceptors (Lipinski definition) is 5. The molecule has 0 spiro atoms. The second kappa shape index (κ2) is 5.16. The number of rotatable bonds is 2. The molecule has 3 aromatic rings. The molecule has 1 aromatic carbocycles. The fourth-order valence-corrected chi connectivity index (χ4v) is 3.28. The fourth-order valence-electron chi connectivity index (χ4n) is 3.28. The lowest BCUT2D eigenvalue weighted by Gasteiger charge is -2.23. The highest BCUT2D eigenvalue weighted by atomic mass is 16.6. The van der Waals surface area contributed by atoms with Crippen LogP contribution < -0.4 is 10.5 Å². The van der Waals surface area contributed by atoms with E-state index in [1.807, 2.05) is 31.2 Å². The SMILES string of the molecule is CC1Cc2ccccc2N1c1nc2ccccn2c(=O)c1[N+](=O)[O-]. The number of pyridine rings is 1. The standard InChI is InChI=1S/C17H14N4O3/c1-11-10-12-6-2-3-7-13(12)20(11)16-15(21(23)24)17(22)19-9-5-4-8-14(19)18-16/h2-9,11H,10H2,1H3. The number of aromatic nitrogens is 2. The first kappa shape index (κ1) is 14.4. The topological polar surface area (TPSA) is 80.8 Å². The molecule has 0 saturated carbocycles. The minimum atomic E-state index is -0.669. The summed E-state index contributed by atoms with van der Waals surface area (Å²) < 4.78 is 1.20. The zero-order chi connectivity index (χ0) is 16.8. The molecule has 120 valence electrons. The van der Waals surface area contributed by atoms with E-state index in [1.54, 1.807) is 23.1 Å². The maximum absolute atomic E-state index is 12.6. The molecule has 1 unspecified atom stereocenters. The summed E-state index contributed by atoms with van der Waals surface area (Å²) in [6, 6.07) is 12.8. The molecule has 7 heteroatoms. The molecule has 0 fully saturated rings. The minimum absolute atomic E-state index is 0.0147. The van der Waals surface area contributed by atoms with Crippen molar-refractivity contribution in [1.29, 1.82) is 0 Å². The number of benzene rings is 1. The Morgan fingerprint density at radius 2 is 1.96 bits per heavy atom. The lowest BCUT2D eigenvalue weighted by Crippen LogP contribution is -2.29. The van der Waals surface area contributed by atoms with Crippen LogP contribution in [0, 0.1) is 10.1 Å². The van der Waals surface area contributed by atoms with E-state index in [9.17, 15) is 14.9 Å². The van der Waals surface area contributed by atoms with Gasteiger partial charge < -0.3 is 4.90 Å². The Hall–Kier alpha value is -3.22. The summed E-state index contributed by atoms with van der Waals surface area (Å²) in [6.07, 6.45) is 2.24. The van der Waals surface area contributed by atoms with Crippen molar-refractivity contribution in [3.8, 4) is 0 Å². The second-order valence-corrected chi connectivity index (χ2v) is 5.83. The van der Waals surface area contributed by atoms with E-state index in [0.717, 1.165) is 17.7 Å². The quantitative estimate of drug-likeness (QED) is 0.535. The van der Waals surface area contributed by atoms with Crippen LogP contribution in [-0.4, -0.2) is 20.3 Å². The third-order valence-corrected chi connectivity index (χ3v) is 4.31. The average Bonchev–Trinajstić information content (AvgIpc) is 2.90. The molecule has 0 bridgehead atoms. The number of anilines is 2. The van der Waals surface area contributed by atoms with Gasteiger partial charge in [-0.2, -0.15) is 0 Å². The molecule has 1 aliphatic rings. The third-order valence-electron chi connectivity index (χ3n) is 4.31. The normalized spacial score (nSPS) is 16.4. The third kappa shape index (κ3) is 1.98. The number of hydrogen-bond donors (Lipinski definition) is 0. The highest BCUT2D eigenvalue weighted by Gasteiger charge is 2.35. The van der Waals surface area contributed by atoms with Gasteiger partial charge in [-0.1, -0.05) is 24.3 Å². The molecule has 0 radical (unpaired) electrons. The van der Waals surface area contributed by atoms with Crippen molar-refractivity contribution in [2.75, 3.05) is 4.90 Å². The molecule has 0 amide bonds. The van der Waals surface area contributed by atoms with E-state index in [0.29, 0.717) is 5.65 Å². The van der Waals surface area contributed by atoms with Gasteiger partial charge in [-0.15, -0.1) is 0 Å². The first-order chi connectivity index (χ1) is 11.6. The van der Waals surface area contributed by atoms with E-state index >= 15 is 0 Å². The van der Waals surface area contributed by atoms with Gasteiger partial charge >= 0.3 is 11.2 Å². The first-order valence-electron chi connectivity index (χ1n) is 7.61. The van der Waals surface area contributed by atoms with E-state index in [4.69, 9.17) is 0 Å². The summed E-state index contributed by atoms with van der Waals surface area (Å²) in [5.41, 5.74) is 1.17. The van der Waals surface area contributed by atoms with Gasteiger partial charge in [0.05, 0.1) is 4.92 Å². The lowest BCUT2D eigenvalue weighted by atomic mass is 10.1. The Bertz CT molecular complexity index is 1030. The number of nitro groups is 1. The molecular formula is C17H14N4O3. The average molecular weight is 322 g/mol. The molecule has 7 nitrogen and oxygen atoms in total. The Kier molecular flexibility index (Phi) is 3.09. The Morgan fingerprint density at radius 3 is 2.75 bits per heavy atom. The molecule has 1 atom stereocenters. The summed E-state index contributed by atoms with van der Waals surface area (Å²) in [7, 11) is 0. The monoisotopic (exact) mass is 322 g/mol. The van der Waals surface area contributed by atoms with Crippen LogP contribution in [0.3, 0.4) is 0 Å². The summed E-state index contributed by atoms with van der Waals surface area (Å²) in [5, 5.41) is 11.6. The van der Waals surface area contributed by atoms with Crippen molar-refractivity contribution >= 4 is 22.8 Å². The van der Waals surface area contributed by atoms with Crippen LogP contribution in [0.2, 0.25) is 0 Å². The van der Waals surface area contributed by atoms with Crippen molar-refractivity contribution in [1.82, 2.24) is 9.38 Å². The van der Waals surface area contributed by atoms with Crippen molar-refractivity contribution in [2.45, 2.75) is 19.4 Å². The van der Waals surface area contributed by atoms with Gasteiger partial charge in [0.15, 0.2) is 0 Å². The molecule has 2 aromatic heterocycles. The fraction of sp³-hybridized carbons (Fsp3) is 0.176. The molecule has 0 N–H and O–H groups in total. The summed E-state index contributed by atoms with van der Waals surface area (Å²) in [6.45, 7) is 1.97. The van der Waals surface area contributed by atoms with Crippen molar-refractivity contribution in [3.63, 3.8) is 0 Å². The van der Waals surface area contributed by atoms with Crippen molar-refractivity contribution in [2.24, 2.45) is 0 Å². The highest BCUT2D eigenvalue weighted by Crippen LogP contribution is 2.39. The highest BCUT2D eigenvalue weighted by molar-refractivity contribution is 5.75. The molecule has 3 heterocycles. The van der Waals surface area contributed by atoms with Crippen LogP contribution in [-0.2, 0) is 6.42 Å². The number of nitrogens with zero attached hydrogens (tertiary/aromatic N) is 4. The maximum Gasteiger partial charge on any atom is 0.376 e. The van der Waals surface area contributed by atoms with E-state index in [2.05, 4.69) is 4.98 Å². The first-order valence-corrected chi connectivity index (χ1v) is 7.61. The molecule has 0 saturated heterocycles. The summed E-state index contributed by atoms with van der Waals surface area (Å²) in [4.78, 5) is 29.8. The summed E-state index contributed by atoms with van der Waals surface area (Å²) >= 11 is 0. The van der Waals surface area contributed by atoms with Crippen LogP contribution in [0.25, 0.3) is 5.65 Å². The predicted octanol–water partition coefficient (Wildman–Crippen LogP) is 2.69. The molecule has 0 aliphatic carbocycles. The molecular weight excluding hydrogens is 308 g/mol. The van der Waals surface area contributed by atoms with Gasteiger partial charge in [-0.25, -0.2) is 4.98 Å². The molecule has 4 rings (SSSR count). The minimum Gasteiger partial charge on any atom is -0.317 e. The smallest absolute Gasteiger partial charge is 0.317 e. The zero-order valence-corrected chi connectivity index (χ0v) is 12.9. The van der Waals surface area contributed by atoms with Crippen LogP contribution in [0.4, 0.5) is 17.2 Å². The van der Waals surface area contributed by atoms with Gasteiger partial charge in [0.25, 0.3) is 0 Å². The number of fused-ring (bicyclic) bond motifs is 2. The molecule has 1 aliphatic heterocycles. The van der Waals surface area contributed by atoms with Crippen LogP contribution >= 0.6 is 0 Å². The van der Waals surface area contributed by atoms with Crippen molar-refractivity contribution < 1.29 is 4.92 Å². The van der Waals surface area contributed by atoms with Gasteiger partial charge in [-0.3, -0.25) is 19.3 Å². The van der Waals surface area contributed by atoms with E-state index in [-0.39, 0.29) is 11.9 Å². The zero-order valence-electron chi connectivity index (χ0n) is 12.9. The van der Waals surface area contributed by atoms with Crippen LogP contribution in [0.1, 0.15) is 12.5 Å². The molecule has 24 heavy (non-hydrogen) atoms.